The summed E-state index contributed by atoms with van der Waals surface area (Å²) < 4.78 is 4.83. The molecule has 0 aromatic carbocycles. The standard InChI is InChI=1S/C2H6ClIOSi/c1-5-6(2,3)4/h1-2H3. The van der Waals surface area contributed by atoms with Crippen molar-refractivity contribution in [2.45, 2.75) is 6.55 Å². The van der Waals surface area contributed by atoms with Gasteiger partial charge < -0.3 is 4.43 Å². The van der Waals surface area contributed by atoms with Gasteiger partial charge in [0.15, 0.2) is 0 Å². The highest BCUT2D eigenvalue weighted by Crippen LogP contribution is 2.16. The van der Waals surface area contributed by atoms with E-state index in [0.29, 0.717) is 0 Å². The van der Waals surface area contributed by atoms with Crippen LogP contribution >= 0.6 is 32.9 Å². The Balaban J connectivity index is 3.17. The molecule has 0 amide bonds. The lowest BCUT2D eigenvalue weighted by Crippen LogP contribution is -2.13. The molecule has 0 N–H and O–H groups in total. The van der Waals surface area contributed by atoms with Gasteiger partial charge in [0.25, 0.3) is 0 Å². The average molecular weight is 237 g/mol. The molecule has 1 atom stereocenters. The van der Waals surface area contributed by atoms with Gasteiger partial charge >= 0.3 is 5.12 Å². The topological polar surface area (TPSA) is 9.23 Å². The fourth-order valence-electron chi connectivity index (χ4n) is 0. The van der Waals surface area contributed by atoms with E-state index in [2.05, 4.69) is 21.8 Å². The summed E-state index contributed by atoms with van der Waals surface area (Å²) in [5.74, 6) is 0. The van der Waals surface area contributed by atoms with E-state index in [1.54, 1.807) is 7.11 Å². The van der Waals surface area contributed by atoms with E-state index in [1.165, 1.54) is 0 Å². The van der Waals surface area contributed by atoms with Crippen LogP contribution < -0.4 is 0 Å². The first-order valence-electron chi connectivity index (χ1n) is 1.49. The summed E-state index contributed by atoms with van der Waals surface area (Å²) >= 11 is 7.74. The van der Waals surface area contributed by atoms with E-state index in [-0.39, 0.29) is 0 Å². The molecule has 1 unspecified atom stereocenters. The van der Waals surface area contributed by atoms with Gasteiger partial charge in [-0.25, -0.2) is 0 Å². The lowest BCUT2D eigenvalue weighted by molar-refractivity contribution is 0.437. The van der Waals surface area contributed by atoms with Gasteiger partial charge in [-0.1, -0.05) is 21.8 Å². The summed E-state index contributed by atoms with van der Waals surface area (Å²) in [6, 6.07) is 0. The van der Waals surface area contributed by atoms with Crippen molar-refractivity contribution < 1.29 is 4.43 Å². The highest BCUT2D eigenvalue weighted by atomic mass is 127. The van der Waals surface area contributed by atoms with Crippen LogP contribution in [-0.4, -0.2) is 12.2 Å². The molecule has 0 radical (unpaired) electrons. The van der Waals surface area contributed by atoms with Crippen LogP contribution in [0.25, 0.3) is 0 Å². The average Bonchev–Trinajstić information content (AvgIpc) is 1.35. The van der Waals surface area contributed by atoms with Crippen molar-refractivity contribution in [1.82, 2.24) is 0 Å². The Labute approximate surface area is 56.1 Å². The number of hydrogen-bond donors (Lipinski definition) is 0. The summed E-state index contributed by atoms with van der Waals surface area (Å²) in [5, 5.41) is -1.69. The second kappa shape index (κ2) is 2.49. The first-order valence-corrected chi connectivity index (χ1v) is 8.02. The van der Waals surface area contributed by atoms with Crippen LogP contribution in [-0.2, 0) is 4.43 Å². The Morgan fingerprint density at radius 3 is 2.00 bits per heavy atom. The maximum absolute atomic E-state index is 5.62. The second-order valence-corrected chi connectivity index (χ2v) is 13.3. The minimum atomic E-state index is -1.69. The summed E-state index contributed by atoms with van der Waals surface area (Å²) in [7, 11) is 1.63. The van der Waals surface area contributed by atoms with Crippen LogP contribution in [0.1, 0.15) is 0 Å². The smallest absolute Gasteiger partial charge is 0.353 e. The zero-order valence-electron chi connectivity index (χ0n) is 3.66. The van der Waals surface area contributed by atoms with Crippen LogP contribution in [0.2, 0.25) is 6.55 Å². The van der Waals surface area contributed by atoms with E-state index >= 15 is 0 Å². The fraction of sp³-hybridized carbons (Fsp3) is 1.00. The molecule has 1 nitrogen and oxygen atoms in total. The zero-order valence-corrected chi connectivity index (χ0v) is 7.58. The van der Waals surface area contributed by atoms with Gasteiger partial charge in [0, 0.05) is 7.11 Å². The highest BCUT2D eigenvalue weighted by molar-refractivity contribution is 14.1. The van der Waals surface area contributed by atoms with Crippen molar-refractivity contribution in [2.24, 2.45) is 0 Å². The van der Waals surface area contributed by atoms with Gasteiger partial charge in [-0.2, -0.15) is 0 Å². The number of hydrogen-bond acceptors (Lipinski definition) is 1. The van der Waals surface area contributed by atoms with Crippen LogP contribution in [0, 0.1) is 0 Å². The van der Waals surface area contributed by atoms with E-state index in [9.17, 15) is 0 Å². The Bertz CT molecular complexity index is 43.3. The van der Waals surface area contributed by atoms with Crippen molar-refractivity contribution >= 4 is 38.0 Å². The summed E-state index contributed by atoms with van der Waals surface area (Å²) in [6.45, 7) is 1.91. The van der Waals surface area contributed by atoms with E-state index in [1.807, 2.05) is 6.55 Å². The Hall–Kier alpha value is 1.20. The SMILES string of the molecule is CO[Si](C)(Cl)I. The third-order valence-electron chi connectivity index (χ3n) is 0.358. The number of halogens is 2. The molecule has 0 aromatic rings. The molecular weight excluding hydrogens is 230 g/mol. The highest BCUT2D eigenvalue weighted by Gasteiger charge is 2.17. The molecule has 0 aliphatic carbocycles. The molecule has 0 spiro atoms. The predicted molar refractivity (Wildman–Crippen MR) is 38.5 cm³/mol. The van der Waals surface area contributed by atoms with Crippen molar-refractivity contribution in [1.29, 1.82) is 0 Å². The van der Waals surface area contributed by atoms with Gasteiger partial charge in [-0.15, -0.1) is 11.1 Å². The summed E-state index contributed by atoms with van der Waals surface area (Å²) in [4.78, 5) is 0. The molecule has 0 aromatic heterocycles. The van der Waals surface area contributed by atoms with E-state index in [0.717, 1.165) is 0 Å². The minimum absolute atomic E-state index is 1.63. The third kappa shape index (κ3) is 5.20. The molecule has 0 saturated carbocycles. The van der Waals surface area contributed by atoms with Gasteiger partial charge in [0.2, 0.25) is 0 Å². The largest absolute Gasteiger partial charge is 0.400 e. The second-order valence-electron chi connectivity index (χ2n) is 1.01. The molecule has 0 aliphatic heterocycles. The third-order valence-corrected chi connectivity index (χ3v) is 2.86. The van der Waals surface area contributed by atoms with Crippen LogP contribution in [0.5, 0.6) is 0 Å². The molecule has 0 fully saturated rings. The molecule has 0 bridgehead atoms. The van der Waals surface area contributed by atoms with Crippen LogP contribution in [0.4, 0.5) is 0 Å². The molecule has 0 aliphatic rings. The fourth-order valence-corrected chi connectivity index (χ4v) is 0. The molecule has 6 heavy (non-hydrogen) atoms. The quantitative estimate of drug-likeness (QED) is 0.384. The molecule has 4 heteroatoms. The van der Waals surface area contributed by atoms with Gasteiger partial charge in [-0.3, -0.25) is 0 Å². The van der Waals surface area contributed by atoms with Gasteiger partial charge in [0.05, 0.1) is 0 Å². The maximum Gasteiger partial charge on any atom is 0.353 e. The van der Waals surface area contributed by atoms with Crippen molar-refractivity contribution in [3.63, 3.8) is 0 Å². The lowest BCUT2D eigenvalue weighted by atomic mass is 11.8. The van der Waals surface area contributed by atoms with Crippen LogP contribution in [0.3, 0.4) is 0 Å². The minimum Gasteiger partial charge on any atom is -0.400 e. The molecule has 38 valence electrons. The van der Waals surface area contributed by atoms with E-state index in [4.69, 9.17) is 15.5 Å². The van der Waals surface area contributed by atoms with E-state index < -0.39 is 5.12 Å². The monoisotopic (exact) mass is 236 g/mol. The summed E-state index contributed by atoms with van der Waals surface area (Å²) in [5.41, 5.74) is 0. The molecule has 0 heterocycles. The normalized spacial score (nSPS) is 20.0. The summed E-state index contributed by atoms with van der Waals surface area (Å²) in [6.07, 6.45) is 0. The Morgan fingerprint density at radius 2 is 2.00 bits per heavy atom. The first-order chi connectivity index (χ1) is 2.56. The Morgan fingerprint density at radius 1 is 1.83 bits per heavy atom. The van der Waals surface area contributed by atoms with Gasteiger partial charge in [-0.05, 0) is 6.55 Å². The zero-order chi connectivity index (χ0) is 5.21. The van der Waals surface area contributed by atoms with Crippen molar-refractivity contribution in [2.75, 3.05) is 7.11 Å². The first kappa shape index (κ1) is 7.20. The predicted octanol–water partition coefficient (Wildman–Crippen LogP) is 1.88. The molecule has 0 saturated heterocycles. The Kier molecular flexibility index (Phi) is 2.99. The van der Waals surface area contributed by atoms with Crippen molar-refractivity contribution in [3.05, 3.63) is 0 Å². The number of rotatable bonds is 1. The lowest BCUT2D eigenvalue weighted by Gasteiger charge is -2.04. The molecule has 0 rings (SSSR count). The molecular formula is C2H6ClIOSi. The van der Waals surface area contributed by atoms with Gasteiger partial charge in [0.1, 0.15) is 0 Å². The van der Waals surface area contributed by atoms with Crippen molar-refractivity contribution in [3.8, 4) is 0 Å². The maximum atomic E-state index is 5.62. The van der Waals surface area contributed by atoms with Crippen LogP contribution in [0.15, 0.2) is 0 Å².